The normalized spacial score (nSPS) is 11.4. The van der Waals surface area contributed by atoms with Crippen molar-refractivity contribution in [3.63, 3.8) is 0 Å². The van der Waals surface area contributed by atoms with Crippen LogP contribution in [0.25, 0.3) is 0 Å². The lowest BCUT2D eigenvalue weighted by Crippen LogP contribution is -2.13. The number of carbonyl (C=O) groups excluding carboxylic acids is 1. The second kappa shape index (κ2) is 6.16. The van der Waals surface area contributed by atoms with Gasteiger partial charge in [0.15, 0.2) is 5.78 Å². The van der Waals surface area contributed by atoms with E-state index in [-0.39, 0.29) is 11.3 Å². The Labute approximate surface area is 125 Å². The van der Waals surface area contributed by atoms with E-state index in [0.717, 1.165) is 0 Å². The molecule has 0 fully saturated rings. The van der Waals surface area contributed by atoms with Gasteiger partial charge in [0, 0.05) is 11.1 Å². The highest BCUT2D eigenvalue weighted by Gasteiger charge is 2.27. The summed E-state index contributed by atoms with van der Waals surface area (Å²) in [5.74, 6) is -1.75. The number of ketones is 1. The molecule has 0 radical (unpaired) electrons. The topological polar surface area (TPSA) is 84.0 Å². The van der Waals surface area contributed by atoms with Crippen molar-refractivity contribution in [1.82, 2.24) is 0 Å². The molecule has 2 aromatic carbocycles. The van der Waals surface area contributed by atoms with Crippen LogP contribution in [0.5, 0.6) is 0 Å². The van der Waals surface area contributed by atoms with Gasteiger partial charge in [-0.1, -0.05) is 35.9 Å². The van der Waals surface area contributed by atoms with Gasteiger partial charge in [0.1, 0.15) is 5.92 Å². The van der Waals surface area contributed by atoms with E-state index in [0.29, 0.717) is 10.6 Å². The van der Waals surface area contributed by atoms with Gasteiger partial charge in [-0.15, -0.1) is 0 Å². The van der Waals surface area contributed by atoms with E-state index in [1.165, 1.54) is 30.3 Å². The third-order valence-electron chi connectivity index (χ3n) is 2.94. The lowest BCUT2D eigenvalue weighted by molar-refractivity contribution is -0.385. The summed E-state index contributed by atoms with van der Waals surface area (Å²) in [6.07, 6.45) is 0. The number of nitriles is 1. The standard InChI is InChI=1S/C15H9ClN2O3/c16-11-5-3-4-10(8-11)13(9-17)15(19)12-6-1-2-7-14(12)18(20)21/h1-8,13H. The van der Waals surface area contributed by atoms with Gasteiger partial charge in [-0.05, 0) is 23.8 Å². The first-order valence-corrected chi connectivity index (χ1v) is 6.35. The van der Waals surface area contributed by atoms with E-state index < -0.39 is 16.6 Å². The molecule has 0 spiro atoms. The Kier molecular flexibility index (Phi) is 4.31. The molecule has 104 valence electrons. The van der Waals surface area contributed by atoms with E-state index in [1.54, 1.807) is 18.2 Å². The molecule has 0 saturated heterocycles. The van der Waals surface area contributed by atoms with Gasteiger partial charge >= 0.3 is 0 Å². The maximum atomic E-state index is 12.4. The molecule has 6 heteroatoms. The number of benzene rings is 2. The lowest BCUT2D eigenvalue weighted by Gasteiger charge is -2.09. The van der Waals surface area contributed by atoms with Crippen molar-refractivity contribution < 1.29 is 9.72 Å². The highest BCUT2D eigenvalue weighted by atomic mass is 35.5. The van der Waals surface area contributed by atoms with Crippen LogP contribution in [-0.4, -0.2) is 10.7 Å². The summed E-state index contributed by atoms with van der Waals surface area (Å²) in [5, 5.41) is 20.6. The Morgan fingerprint density at radius 1 is 1.24 bits per heavy atom. The summed E-state index contributed by atoms with van der Waals surface area (Å²) in [6.45, 7) is 0. The quantitative estimate of drug-likeness (QED) is 0.489. The number of Topliss-reactive ketones (excluding diaryl/α,β-unsaturated/α-hetero) is 1. The van der Waals surface area contributed by atoms with E-state index in [2.05, 4.69) is 0 Å². The van der Waals surface area contributed by atoms with Crippen molar-refractivity contribution in [3.05, 3.63) is 74.8 Å². The van der Waals surface area contributed by atoms with Gasteiger partial charge in [0.25, 0.3) is 5.69 Å². The summed E-state index contributed by atoms with van der Waals surface area (Å²) in [6, 6.07) is 13.8. The van der Waals surface area contributed by atoms with Gasteiger partial charge < -0.3 is 0 Å². The number of nitro benzene ring substituents is 1. The molecule has 0 aliphatic heterocycles. The van der Waals surface area contributed by atoms with Gasteiger partial charge in [0.2, 0.25) is 0 Å². The fourth-order valence-electron chi connectivity index (χ4n) is 1.97. The van der Waals surface area contributed by atoms with E-state index in [4.69, 9.17) is 11.6 Å². The zero-order valence-corrected chi connectivity index (χ0v) is 11.4. The fourth-order valence-corrected chi connectivity index (χ4v) is 2.17. The average Bonchev–Trinajstić information content (AvgIpc) is 2.48. The van der Waals surface area contributed by atoms with Crippen LogP contribution in [0.3, 0.4) is 0 Å². The number of carbonyl (C=O) groups is 1. The fraction of sp³-hybridized carbons (Fsp3) is 0.0667. The van der Waals surface area contributed by atoms with Crippen LogP contribution in [0.15, 0.2) is 48.5 Å². The Morgan fingerprint density at radius 2 is 1.95 bits per heavy atom. The van der Waals surface area contributed by atoms with Crippen LogP contribution in [-0.2, 0) is 0 Å². The first kappa shape index (κ1) is 14.7. The number of para-hydroxylation sites is 1. The predicted molar refractivity (Wildman–Crippen MR) is 77.2 cm³/mol. The number of hydrogen-bond acceptors (Lipinski definition) is 4. The number of halogens is 1. The van der Waals surface area contributed by atoms with Crippen LogP contribution < -0.4 is 0 Å². The first-order chi connectivity index (χ1) is 10.0. The Balaban J connectivity index is 2.48. The molecule has 0 heterocycles. The molecule has 0 bridgehead atoms. The van der Waals surface area contributed by atoms with Crippen LogP contribution in [0.2, 0.25) is 5.02 Å². The molecule has 1 unspecified atom stereocenters. The lowest BCUT2D eigenvalue weighted by atomic mass is 9.91. The molecule has 5 nitrogen and oxygen atoms in total. The molecule has 0 aliphatic rings. The summed E-state index contributed by atoms with van der Waals surface area (Å²) < 4.78 is 0. The number of nitro groups is 1. The molecule has 0 amide bonds. The minimum atomic E-state index is -1.13. The van der Waals surface area contributed by atoms with E-state index >= 15 is 0 Å². The molecule has 0 aliphatic carbocycles. The Hall–Kier alpha value is -2.71. The second-order valence-corrected chi connectivity index (χ2v) is 4.69. The summed E-state index contributed by atoms with van der Waals surface area (Å²) >= 11 is 5.85. The largest absolute Gasteiger partial charge is 0.292 e. The molecule has 0 saturated carbocycles. The molecular formula is C15H9ClN2O3. The first-order valence-electron chi connectivity index (χ1n) is 5.97. The Morgan fingerprint density at radius 3 is 2.57 bits per heavy atom. The third-order valence-corrected chi connectivity index (χ3v) is 3.17. The van der Waals surface area contributed by atoms with Crippen LogP contribution in [0, 0.1) is 21.4 Å². The molecular weight excluding hydrogens is 292 g/mol. The van der Waals surface area contributed by atoms with Crippen LogP contribution >= 0.6 is 11.6 Å². The van der Waals surface area contributed by atoms with Crippen molar-refractivity contribution in [2.24, 2.45) is 0 Å². The van der Waals surface area contributed by atoms with Gasteiger partial charge in [0.05, 0.1) is 16.6 Å². The Bertz CT molecular complexity index is 753. The number of nitrogens with zero attached hydrogens (tertiary/aromatic N) is 2. The minimum Gasteiger partial charge on any atom is -0.292 e. The molecule has 21 heavy (non-hydrogen) atoms. The second-order valence-electron chi connectivity index (χ2n) is 4.26. The van der Waals surface area contributed by atoms with Crippen molar-refractivity contribution in [2.45, 2.75) is 5.92 Å². The SMILES string of the molecule is N#CC(C(=O)c1ccccc1[N+](=O)[O-])c1cccc(Cl)c1. The predicted octanol–water partition coefficient (Wildman–Crippen LogP) is 3.74. The smallest absolute Gasteiger partial charge is 0.280 e. The van der Waals surface area contributed by atoms with Crippen molar-refractivity contribution in [3.8, 4) is 6.07 Å². The highest BCUT2D eigenvalue weighted by Crippen LogP contribution is 2.27. The summed E-state index contributed by atoms with van der Waals surface area (Å²) in [4.78, 5) is 22.8. The minimum absolute atomic E-state index is 0.0889. The molecule has 0 aromatic heterocycles. The average molecular weight is 301 g/mol. The number of rotatable bonds is 4. The van der Waals surface area contributed by atoms with Gasteiger partial charge in [-0.25, -0.2) is 0 Å². The molecule has 0 N–H and O–H groups in total. The zero-order chi connectivity index (χ0) is 15.4. The van der Waals surface area contributed by atoms with E-state index in [9.17, 15) is 20.2 Å². The van der Waals surface area contributed by atoms with Crippen molar-refractivity contribution in [2.75, 3.05) is 0 Å². The maximum Gasteiger partial charge on any atom is 0.280 e. The van der Waals surface area contributed by atoms with Crippen molar-refractivity contribution >= 4 is 23.1 Å². The number of hydrogen-bond donors (Lipinski definition) is 0. The zero-order valence-electron chi connectivity index (χ0n) is 10.7. The molecule has 1 atom stereocenters. The van der Waals surface area contributed by atoms with Gasteiger partial charge in [-0.2, -0.15) is 5.26 Å². The van der Waals surface area contributed by atoms with E-state index in [1.807, 2.05) is 6.07 Å². The summed E-state index contributed by atoms with van der Waals surface area (Å²) in [5.41, 5.74) is 0.00644. The van der Waals surface area contributed by atoms with Crippen LogP contribution in [0.4, 0.5) is 5.69 Å². The van der Waals surface area contributed by atoms with Gasteiger partial charge in [-0.3, -0.25) is 14.9 Å². The van der Waals surface area contributed by atoms with Crippen LogP contribution in [0.1, 0.15) is 21.8 Å². The molecule has 2 rings (SSSR count). The highest BCUT2D eigenvalue weighted by molar-refractivity contribution is 6.30. The summed E-state index contributed by atoms with van der Waals surface area (Å²) in [7, 11) is 0. The monoisotopic (exact) mass is 300 g/mol. The van der Waals surface area contributed by atoms with Crippen molar-refractivity contribution in [1.29, 1.82) is 5.26 Å². The maximum absolute atomic E-state index is 12.4. The third kappa shape index (κ3) is 3.07. The molecule has 2 aromatic rings.